The molecule has 0 radical (unpaired) electrons. The van der Waals surface area contributed by atoms with E-state index in [0.29, 0.717) is 0 Å². The van der Waals surface area contributed by atoms with Gasteiger partial charge >= 0.3 is 0 Å². The van der Waals surface area contributed by atoms with E-state index in [2.05, 4.69) is 25.4 Å². The van der Waals surface area contributed by atoms with Crippen LogP contribution in [-0.4, -0.2) is 31.3 Å². The molecule has 7 heteroatoms. The van der Waals surface area contributed by atoms with Crippen LogP contribution >= 0.6 is 11.3 Å². The second-order valence-electron chi connectivity index (χ2n) is 5.12. The van der Waals surface area contributed by atoms with Crippen LogP contribution in [0.3, 0.4) is 0 Å². The van der Waals surface area contributed by atoms with Gasteiger partial charge in [0.25, 0.3) is 0 Å². The van der Waals surface area contributed by atoms with E-state index in [9.17, 15) is 0 Å². The molecular weight excluding hydrogens is 284 g/mol. The number of aromatic nitrogens is 5. The zero-order valence-electron chi connectivity index (χ0n) is 12.6. The molecule has 0 saturated carbocycles. The largest absolute Gasteiger partial charge is 0.361 e. The second-order valence-corrected chi connectivity index (χ2v) is 6.12. The lowest BCUT2D eigenvalue weighted by Crippen LogP contribution is -2.08. The molecule has 0 atom stereocenters. The molecule has 3 heterocycles. The maximum atomic E-state index is 4.57. The molecular formula is C14H18N6S. The van der Waals surface area contributed by atoms with Gasteiger partial charge in [-0.3, -0.25) is 0 Å². The number of rotatable bonds is 4. The van der Waals surface area contributed by atoms with Crippen molar-refractivity contribution in [3.63, 3.8) is 0 Å². The molecule has 0 aromatic carbocycles. The summed E-state index contributed by atoms with van der Waals surface area (Å²) in [6.07, 6.45) is 0.787. The monoisotopic (exact) mass is 302 g/mol. The average Bonchev–Trinajstić information content (AvgIpc) is 2.91. The maximum absolute atomic E-state index is 4.57. The fraction of sp³-hybridized carbons (Fsp3) is 0.429. The lowest BCUT2D eigenvalue weighted by Gasteiger charge is -2.04. The zero-order valence-corrected chi connectivity index (χ0v) is 13.5. The van der Waals surface area contributed by atoms with Crippen molar-refractivity contribution >= 4 is 26.8 Å². The van der Waals surface area contributed by atoms with Crippen molar-refractivity contribution in [1.82, 2.24) is 24.7 Å². The van der Waals surface area contributed by atoms with Crippen molar-refractivity contribution in [2.75, 3.05) is 11.9 Å². The van der Waals surface area contributed by atoms with Gasteiger partial charge in [0, 0.05) is 31.4 Å². The minimum atomic E-state index is 0.773. The van der Waals surface area contributed by atoms with E-state index in [-0.39, 0.29) is 0 Å². The van der Waals surface area contributed by atoms with Crippen molar-refractivity contribution < 1.29 is 0 Å². The summed E-state index contributed by atoms with van der Waals surface area (Å²) in [4.78, 5) is 13.5. The third-order valence-electron chi connectivity index (χ3n) is 3.20. The molecule has 110 valence electrons. The Bertz CT molecular complexity index is 733. The first-order valence-corrected chi connectivity index (χ1v) is 7.70. The third-order valence-corrected chi connectivity index (χ3v) is 4.31. The molecule has 0 aliphatic rings. The number of hydrogen-bond donors (Lipinski definition) is 1. The summed E-state index contributed by atoms with van der Waals surface area (Å²) in [6.45, 7) is 6.77. The standard InChI is InChI=1S/C14H18N6S/c1-8-7-9(2)17-11(16-8)5-6-15-14-18-13-12(21-14)10(3)19-20(13)4/h7H,5-6H2,1-4H3,(H,15,18). The number of aryl methyl sites for hydroxylation is 4. The normalized spacial score (nSPS) is 11.2. The predicted octanol–water partition coefficient (Wildman–Crippen LogP) is 2.40. The third kappa shape index (κ3) is 2.87. The van der Waals surface area contributed by atoms with Crippen molar-refractivity contribution in [3.8, 4) is 0 Å². The van der Waals surface area contributed by atoms with Crippen molar-refractivity contribution in [1.29, 1.82) is 0 Å². The number of thiazole rings is 1. The van der Waals surface area contributed by atoms with Gasteiger partial charge in [0.15, 0.2) is 10.8 Å². The summed E-state index contributed by atoms with van der Waals surface area (Å²) in [6, 6.07) is 1.99. The highest BCUT2D eigenvalue weighted by Crippen LogP contribution is 2.27. The SMILES string of the molecule is Cc1cc(C)nc(CCNc2nc3c(s2)c(C)nn3C)n1. The van der Waals surface area contributed by atoms with Crippen LogP contribution in [0.25, 0.3) is 10.3 Å². The minimum absolute atomic E-state index is 0.773. The summed E-state index contributed by atoms with van der Waals surface area (Å²) >= 11 is 1.64. The van der Waals surface area contributed by atoms with Gasteiger partial charge in [-0.25, -0.2) is 19.6 Å². The summed E-state index contributed by atoms with van der Waals surface area (Å²) in [5.41, 5.74) is 3.98. The Morgan fingerprint density at radius 3 is 2.52 bits per heavy atom. The van der Waals surface area contributed by atoms with E-state index < -0.39 is 0 Å². The number of nitrogens with one attached hydrogen (secondary N) is 1. The van der Waals surface area contributed by atoms with Gasteiger partial charge in [0.1, 0.15) is 5.82 Å². The molecule has 3 rings (SSSR count). The molecule has 0 aliphatic carbocycles. The molecule has 21 heavy (non-hydrogen) atoms. The Labute approximate surface area is 127 Å². The van der Waals surface area contributed by atoms with E-state index in [1.54, 1.807) is 11.3 Å². The Morgan fingerprint density at radius 2 is 1.86 bits per heavy atom. The van der Waals surface area contributed by atoms with Gasteiger partial charge in [-0.2, -0.15) is 5.10 Å². The van der Waals surface area contributed by atoms with Crippen molar-refractivity contribution in [3.05, 3.63) is 29.0 Å². The van der Waals surface area contributed by atoms with Crippen molar-refractivity contribution in [2.45, 2.75) is 27.2 Å². The smallest absolute Gasteiger partial charge is 0.185 e. The molecule has 1 N–H and O–H groups in total. The highest BCUT2D eigenvalue weighted by Gasteiger charge is 2.11. The van der Waals surface area contributed by atoms with Gasteiger partial charge < -0.3 is 5.32 Å². The summed E-state index contributed by atoms with van der Waals surface area (Å²) in [5.74, 6) is 0.874. The summed E-state index contributed by atoms with van der Waals surface area (Å²) in [5, 5.41) is 8.63. The molecule has 0 spiro atoms. The van der Waals surface area contributed by atoms with E-state index in [1.807, 2.05) is 38.6 Å². The predicted molar refractivity (Wildman–Crippen MR) is 84.8 cm³/mol. The molecule has 0 saturated heterocycles. The fourth-order valence-electron chi connectivity index (χ4n) is 2.35. The van der Waals surface area contributed by atoms with Crippen LogP contribution in [0.2, 0.25) is 0 Å². The number of anilines is 1. The number of hydrogen-bond acceptors (Lipinski definition) is 6. The van der Waals surface area contributed by atoms with Crippen LogP contribution in [0.1, 0.15) is 22.9 Å². The van der Waals surface area contributed by atoms with Gasteiger partial charge in [-0.15, -0.1) is 0 Å². The van der Waals surface area contributed by atoms with Gasteiger partial charge in [-0.1, -0.05) is 11.3 Å². The van der Waals surface area contributed by atoms with Crippen LogP contribution in [0.5, 0.6) is 0 Å². The van der Waals surface area contributed by atoms with Crippen LogP contribution in [0, 0.1) is 20.8 Å². The topological polar surface area (TPSA) is 68.5 Å². The Hall–Kier alpha value is -2.02. The molecule has 0 unspecified atom stereocenters. The Morgan fingerprint density at radius 1 is 1.14 bits per heavy atom. The highest BCUT2D eigenvalue weighted by atomic mass is 32.1. The minimum Gasteiger partial charge on any atom is -0.361 e. The van der Waals surface area contributed by atoms with Crippen LogP contribution in [0.15, 0.2) is 6.07 Å². The molecule has 0 fully saturated rings. The lowest BCUT2D eigenvalue weighted by molar-refractivity contribution is 0.774. The van der Waals surface area contributed by atoms with E-state index in [0.717, 1.165) is 51.4 Å². The highest BCUT2D eigenvalue weighted by molar-refractivity contribution is 7.22. The van der Waals surface area contributed by atoms with E-state index in [4.69, 9.17) is 0 Å². The zero-order chi connectivity index (χ0) is 15.0. The number of fused-ring (bicyclic) bond motifs is 1. The summed E-state index contributed by atoms with van der Waals surface area (Å²) in [7, 11) is 1.92. The van der Waals surface area contributed by atoms with Gasteiger partial charge in [0.2, 0.25) is 0 Å². The molecule has 0 bridgehead atoms. The van der Waals surface area contributed by atoms with E-state index in [1.165, 1.54) is 0 Å². The maximum Gasteiger partial charge on any atom is 0.185 e. The first kappa shape index (κ1) is 13.9. The Kier molecular flexibility index (Phi) is 3.59. The van der Waals surface area contributed by atoms with Crippen LogP contribution in [0.4, 0.5) is 5.13 Å². The summed E-state index contributed by atoms with van der Waals surface area (Å²) < 4.78 is 2.96. The quantitative estimate of drug-likeness (QED) is 0.801. The first-order valence-electron chi connectivity index (χ1n) is 6.88. The van der Waals surface area contributed by atoms with Crippen LogP contribution in [-0.2, 0) is 13.5 Å². The Balaban J connectivity index is 1.67. The molecule has 3 aromatic rings. The van der Waals surface area contributed by atoms with Gasteiger partial charge in [-0.05, 0) is 26.8 Å². The van der Waals surface area contributed by atoms with E-state index >= 15 is 0 Å². The molecule has 3 aromatic heterocycles. The number of nitrogens with zero attached hydrogens (tertiary/aromatic N) is 5. The first-order chi connectivity index (χ1) is 10.0. The molecule has 0 aliphatic heterocycles. The second kappa shape index (κ2) is 5.40. The van der Waals surface area contributed by atoms with Crippen LogP contribution < -0.4 is 5.32 Å². The molecule has 0 amide bonds. The fourth-order valence-corrected chi connectivity index (χ4v) is 3.31. The molecule has 6 nitrogen and oxygen atoms in total. The van der Waals surface area contributed by atoms with Gasteiger partial charge in [0.05, 0.1) is 10.4 Å². The van der Waals surface area contributed by atoms with Crippen molar-refractivity contribution in [2.24, 2.45) is 7.05 Å². The lowest BCUT2D eigenvalue weighted by atomic mass is 10.3. The average molecular weight is 302 g/mol.